The molecule has 0 amide bonds. The maximum atomic E-state index is 11.5. The number of rotatable bonds is 10. The number of methoxy groups -OCH3 is 1. The Morgan fingerprint density at radius 1 is 1.00 bits per heavy atom. The van der Waals surface area contributed by atoms with Gasteiger partial charge in [-0.1, -0.05) is 50.0 Å². The van der Waals surface area contributed by atoms with Gasteiger partial charge in [0.05, 0.1) is 32.5 Å². The lowest BCUT2D eigenvalue weighted by atomic mass is 9.84. The molecule has 0 spiro atoms. The van der Waals surface area contributed by atoms with Crippen LogP contribution in [0.15, 0.2) is 48.5 Å². The minimum absolute atomic E-state index is 0.0507. The number of aliphatic hydroxyl groups is 2. The second-order valence-electron chi connectivity index (χ2n) is 10.7. The number of phenols is 2. The molecule has 0 heterocycles. The Morgan fingerprint density at radius 3 is 2.55 bits per heavy atom. The highest BCUT2D eigenvalue weighted by Gasteiger charge is 2.29. The third kappa shape index (κ3) is 7.28. The van der Waals surface area contributed by atoms with Crippen LogP contribution < -0.4 is 4.74 Å². The molecule has 0 radical (unpaired) electrons. The Kier molecular flexibility index (Phi) is 10.7. The van der Waals surface area contributed by atoms with E-state index in [1.807, 2.05) is 30.3 Å². The topological polar surface area (TPSA) is 99.4 Å². The summed E-state index contributed by atoms with van der Waals surface area (Å²) in [6.45, 7) is 2.37. The van der Waals surface area contributed by atoms with Gasteiger partial charge in [-0.05, 0) is 78.3 Å². The minimum atomic E-state index is -0.648. The first-order valence-corrected chi connectivity index (χ1v) is 14.5. The van der Waals surface area contributed by atoms with Gasteiger partial charge in [-0.15, -0.1) is 5.92 Å². The first-order chi connectivity index (χ1) is 19.4. The Morgan fingerprint density at radius 2 is 1.77 bits per heavy atom. The van der Waals surface area contributed by atoms with Crippen molar-refractivity contribution in [2.24, 2.45) is 11.8 Å². The number of phenolic OH excluding ortho intramolecular Hbond substituents is 2. The lowest BCUT2D eigenvalue weighted by molar-refractivity contribution is -0.0515. The predicted molar refractivity (Wildman–Crippen MR) is 159 cm³/mol. The van der Waals surface area contributed by atoms with Crippen molar-refractivity contribution in [1.82, 2.24) is 0 Å². The molecule has 0 bridgehead atoms. The van der Waals surface area contributed by atoms with E-state index in [4.69, 9.17) is 9.47 Å². The monoisotopic (exact) mass is 546 g/mol. The lowest BCUT2D eigenvalue weighted by Crippen LogP contribution is -2.35. The lowest BCUT2D eigenvalue weighted by Gasteiger charge is -2.31. The average Bonchev–Trinajstić information content (AvgIpc) is 2.97. The van der Waals surface area contributed by atoms with Crippen molar-refractivity contribution in [2.75, 3.05) is 20.3 Å². The fourth-order valence-electron chi connectivity index (χ4n) is 5.83. The highest BCUT2D eigenvalue weighted by atomic mass is 16.5. The Labute approximate surface area is 237 Å². The fourth-order valence-corrected chi connectivity index (χ4v) is 5.83. The Hall–Kier alpha value is -3.24. The van der Waals surface area contributed by atoms with E-state index in [0.29, 0.717) is 30.9 Å². The maximum Gasteiger partial charge on any atom is 0.168 e. The van der Waals surface area contributed by atoms with E-state index in [9.17, 15) is 20.4 Å². The van der Waals surface area contributed by atoms with Crippen molar-refractivity contribution in [3.63, 3.8) is 0 Å². The molecule has 6 heteroatoms. The third-order valence-corrected chi connectivity index (χ3v) is 8.07. The van der Waals surface area contributed by atoms with E-state index in [2.05, 4.69) is 18.8 Å². The van der Waals surface area contributed by atoms with Crippen LogP contribution in [-0.4, -0.2) is 53.0 Å². The molecule has 0 aliphatic heterocycles. The van der Waals surface area contributed by atoms with Gasteiger partial charge in [0.25, 0.3) is 0 Å². The number of fused-ring (bicyclic) bond motifs is 1. The summed E-state index contributed by atoms with van der Waals surface area (Å²) in [5.41, 5.74) is 2.63. The predicted octanol–water partition coefficient (Wildman–Crippen LogP) is 6.21. The molecule has 1 aliphatic carbocycles. The quantitative estimate of drug-likeness (QED) is 0.226. The van der Waals surface area contributed by atoms with Gasteiger partial charge in [0.1, 0.15) is 5.75 Å². The molecule has 0 fully saturated rings. The Bertz CT molecular complexity index is 1320. The van der Waals surface area contributed by atoms with Crippen molar-refractivity contribution in [1.29, 1.82) is 0 Å². The van der Waals surface area contributed by atoms with Crippen LogP contribution >= 0.6 is 0 Å². The molecule has 0 saturated heterocycles. The number of hydrogen-bond acceptors (Lipinski definition) is 6. The number of aromatic hydroxyl groups is 2. The van der Waals surface area contributed by atoms with Gasteiger partial charge in [-0.2, -0.15) is 0 Å². The average molecular weight is 547 g/mol. The zero-order valence-electron chi connectivity index (χ0n) is 23.6. The van der Waals surface area contributed by atoms with Crippen molar-refractivity contribution in [3.05, 3.63) is 54.1 Å². The van der Waals surface area contributed by atoms with Crippen LogP contribution in [0, 0.1) is 23.7 Å². The van der Waals surface area contributed by atoms with Gasteiger partial charge < -0.3 is 29.9 Å². The van der Waals surface area contributed by atoms with Gasteiger partial charge in [0, 0.05) is 23.8 Å². The number of ether oxygens (including phenoxy) is 2. The van der Waals surface area contributed by atoms with Crippen molar-refractivity contribution in [2.45, 2.75) is 70.5 Å². The van der Waals surface area contributed by atoms with Crippen LogP contribution in [0.4, 0.5) is 0 Å². The summed E-state index contributed by atoms with van der Waals surface area (Å²) < 4.78 is 11.7. The van der Waals surface area contributed by atoms with Gasteiger partial charge in [0.15, 0.2) is 11.5 Å². The highest BCUT2D eigenvalue weighted by molar-refractivity contribution is 5.90. The number of aryl methyl sites for hydroxylation is 1. The maximum absolute atomic E-state index is 11.5. The molecule has 6 nitrogen and oxygen atoms in total. The molecule has 4 rings (SSSR count). The number of benzene rings is 3. The SMILES string of the molecule is CC[C@H]1C#CC[C@H]([C@H](O)CCc2ccc(O)c(OC)c2-c2ccc3cc(O)ccc3c2)[C@@H](OCCO)CCCC1. The first kappa shape index (κ1) is 29.7. The fraction of sp³-hybridized carbons (Fsp3) is 0.471. The van der Waals surface area contributed by atoms with E-state index in [0.717, 1.165) is 59.6 Å². The van der Waals surface area contributed by atoms with Gasteiger partial charge >= 0.3 is 0 Å². The van der Waals surface area contributed by atoms with Crippen LogP contribution in [0.2, 0.25) is 0 Å². The standard InChI is InChI=1S/C34H42O6/c1-3-23-7-4-5-10-32(40-20-19-35)29(9-6-8-23)30(37)17-14-24-15-18-31(38)34(39-2)33(24)27-12-11-26-22-28(36)16-13-25(26)21-27/h11-13,15-16,18,21-23,29-30,32,35-38H,3-5,7,9-10,14,17,19-20H2,1-2H3/t23-,29-,30-,32+/m1/s1. The Balaban J connectivity index is 1.62. The molecule has 0 unspecified atom stereocenters. The highest BCUT2D eigenvalue weighted by Crippen LogP contribution is 2.42. The van der Waals surface area contributed by atoms with Crippen LogP contribution in [0.25, 0.3) is 21.9 Å². The van der Waals surface area contributed by atoms with E-state index in [1.165, 1.54) is 0 Å². The van der Waals surface area contributed by atoms with Crippen molar-refractivity contribution in [3.8, 4) is 40.2 Å². The number of aliphatic hydroxyl groups excluding tert-OH is 2. The van der Waals surface area contributed by atoms with Crippen molar-refractivity contribution >= 4 is 10.8 Å². The van der Waals surface area contributed by atoms with E-state index in [-0.39, 0.29) is 36.7 Å². The normalized spacial score (nSPS) is 20.4. The second kappa shape index (κ2) is 14.4. The first-order valence-electron chi connectivity index (χ1n) is 14.5. The van der Waals surface area contributed by atoms with Crippen LogP contribution in [0.5, 0.6) is 17.2 Å². The van der Waals surface area contributed by atoms with Gasteiger partial charge in [-0.25, -0.2) is 0 Å². The molecule has 1 aliphatic rings. The summed E-state index contributed by atoms with van der Waals surface area (Å²) in [7, 11) is 1.54. The number of hydrogen-bond donors (Lipinski definition) is 4. The summed E-state index contributed by atoms with van der Waals surface area (Å²) >= 11 is 0. The summed E-state index contributed by atoms with van der Waals surface area (Å²) in [6.07, 6.45) is 5.84. The van der Waals surface area contributed by atoms with Crippen molar-refractivity contribution < 1.29 is 29.9 Å². The molecule has 40 heavy (non-hydrogen) atoms. The zero-order valence-corrected chi connectivity index (χ0v) is 23.6. The molecular weight excluding hydrogens is 504 g/mol. The van der Waals surface area contributed by atoms with Gasteiger partial charge in [0.2, 0.25) is 0 Å². The third-order valence-electron chi connectivity index (χ3n) is 8.07. The molecule has 0 saturated carbocycles. The molecule has 3 aromatic rings. The van der Waals surface area contributed by atoms with E-state index >= 15 is 0 Å². The molecule has 214 valence electrons. The van der Waals surface area contributed by atoms with Crippen LogP contribution in [-0.2, 0) is 11.2 Å². The second-order valence-corrected chi connectivity index (χ2v) is 10.7. The summed E-state index contributed by atoms with van der Waals surface area (Å²) in [6, 6.07) is 14.7. The van der Waals surface area contributed by atoms with E-state index < -0.39 is 6.10 Å². The summed E-state index contributed by atoms with van der Waals surface area (Å²) in [5, 5.41) is 43.2. The summed E-state index contributed by atoms with van der Waals surface area (Å²) in [5.74, 6) is 7.66. The minimum Gasteiger partial charge on any atom is -0.508 e. The van der Waals surface area contributed by atoms with E-state index in [1.54, 1.807) is 25.3 Å². The van der Waals surface area contributed by atoms with Crippen LogP contribution in [0.1, 0.15) is 57.4 Å². The van der Waals surface area contributed by atoms with Gasteiger partial charge in [-0.3, -0.25) is 0 Å². The molecular formula is C34H42O6. The summed E-state index contributed by atoms with van der Waals surface area (Å²) in [4.78, 5) is 0. The molecule has 3 aromatic carbocycles. The van der Waals surface area contributed by atoms with Crippen LogP contribution in [0.3, 0.4) is 0 Å². The molecule has 4 N–H and O–H groups in total. The largest absolute Gasteiger partial charge is 0.508 e. The zero-order chi connectivity index (χ0) is 28.5. The molecule has 0 aromatic heterocycles. The molecule has 4 atom stereocenters. The smallest absolute Gasteiger partial charge is 0.168 e.